The van der Waals surface area contributed by atoms with Crippen LogP contribution in [0.1, 0.15) is 17.5 Å². The van der Waals surface area contributed by atoms with Crippen LogP contribution in [0.2, 0.25) is 0 Å². The molecule has 0 N–H and O–H groups in total. The lowest BCUT2D eigenvalue weighted by Gasteiger charge is -2.32. The molecule has 1 fully saturated rings. The molecule has 5 heteroatoms. The van der Waals surface area contributed by atoms with Crippen LogP contribution in [0.15, 0.2) is 18.2 Å². The third kappa shape index (κ3) is 1.71. The highest BCUT2D eigenvalue weighted by molar-refractivity contribution is 5.47. The summed E-state index contributed by atoms with van der Waals surface area (Å²) in [6.45, 7) is 1.23. The maximum atomic E-state index is 10.9. The minimum absolute atomic E-state index is 0.218. The topological polar surface area (TPSA) is 61.6 Å². The molecule has 5 nitrogen and oxygen atoms in total. The Balaban J connectivity index is 1.98. The average Bonchev–Trinajstić information content (AvgIpc) is 2.76. The van der Waals surface area contributed by atoms with E-state index in [0.29, 0.717) is 32.5 Å². The maximum absolute atomic E-state index is 10.9. The maximum Gasteiger partial charge on any atom is 0.272 e. The second kappa shape index (κ2) is 3.78. The van der Waals surface area contributed by atoms with Crippen molar-refractivity contribution >= 4 is 5.69 Å². The first kappa shape index (κ1) is 10.7. The van der Waals surface area contributed by atoms with Crippen LogP contribution in [0.3, 0.4) is 0 Å². The highest BCUT2D eigenvalue weighted by Crippen LogP contribution is 2.38. The van der Waals surface area contributed by atoms with Gasteiger partial charge in [0.2, 0.25) is 0 Å². The Morgan fingerprint density at radius 3 is 2.76 bits per heavy atom. The second-order valence-electron chi connectivity index (χ2n) is 4.46. The SMILES string of the molecule is O=[N+]([O-])c1cccc2c1CCC1(C2)OCCO1. The molecule has 1 heterocycles. The van der Waals surface area contributed by atoms with Crippen molar-refractivity contribution < 1.29 is 14.4 Å². The Morgan fingerprint density at radius 1 is 1.29 bits per heavy atom. The quantitative estimate of drug-likeness (QED) is 0.550. The molecule has 0 atom stereocenters. The Labute approximate surface area is 98.5 Å². The van der Waals surface area contributed by atoms with Crippen LogP contribution in [0, 0.1) is 10.1 Å². The summed E-state index contributed by atoms with van der Waals surface area (Å²) in [5.74, 6) is -0.526. The zero-order valence-electron chi connectivity index (χ0n) is 9.35. The van der Waals surface area contributed by atoms with Gasteiger partial charge < -0.3 is 9.47 Å². The van der Waals surface area contributed by atoms with E-state index in [9.17, 15) is 10.1 Å². The van der Waals surface area contributed by atoms with E-state index in [0.717, 1.165) is 11.1 Å². The van der Waals surface area contributed by atoms with Crippen molar-refractivity contribution in [3.63, 3.8) is 0 Å². The molecule has 2 aliphatic rings. The minimum Gasteiger partial charge on any atom is -0.347 e. The van der Waals surface area contributed by atoms with E-state index >= 15 is 0 Å². The first-order valence-electron chi connectivity index (χ1n) is 5.73. The van der Waals surface area contributed by atoms with Gasteiger partial charge in [0.25, 0.3) is 5.69 Å². The molecule has 1 saturated heterocycles. The van der Waals surface area contributed by atoms with Gasteiger partial charge in [-0.1, -0.05) is 12.1 Å². The van der Waals surface area contributed by atoms with E-state index in [1.807, 2.05) is 6.07 Å². The molecule has 3 rings (SSSR count). The van der Waals surface area contributed by atoms with Gasteiger partial charge in [0.05, 0.1) is 18.1 Å². The van der Waals surface area contributed by atoms with E-state index in [-0.39, 0.29) is 10.6 Å². The van der Waals surface area contributed by atoms with Crippen LogP contribution in [0.25, 0.3) is 0 Å². The van der Waals surface area contributed by atoms with Gasteiger partial charge in [-0.05, 0) is 12.0 Å². The summed E-state index contributed by atoms with van der Waals surface area (Å²) in [7, 11) is 0. The van der Waals surface area contributed by atoms with E-state index in [1.165, 1.54) is 0 Å². The smallest absolute Gasteiger partial charge is 0.272 e. The van der Waals surface area contributed by atoms with E-state index < -0.39 is 5.79 Å². The predicted molar refractivity (Wildman–Crippen MR) is 59.8 cm³/mol. The number of rotatable bonds is 1. The number of hydrogen-bond acceptors (Lipinski definition) is 4. The van der Waals surface area contributed by atoms with Crippen molar-refractivity contribution in [1.82, 2.24) is 0 Å². The lowest BCUT2D eigenvalue weighted by Crippen LogP contribution is -2.37. The second-order valence-corrected chi connectivity index (χ2v) is 4.46. The van der Waals surface area contributed by atoms with Crippen molar-refractivity contribution in [2.75, 3.05) is 13.2 Å². The van der Waals surface area contributed by atoms with E-state index in [2.05, 4.69) is 0 Å². The van der Waals surface area contributed by atoms with Gasteiger partial charge in [-0.3, -0.25) is 10.1 Å². The van der Waals surface area contributed by atoms with Crippen LogP contribution in [-0.2, 0) is 22.3 Å². The van der Waals surface area contributed by atoms with Gasteiger partial charge in [0.15, 0.2) is 5.79 Å². The number of benzene rings is 1. The van der Waals surface area contributed by atoms with Crippen molar-refractivity contribution in [2.45, 2.75) is 25.0 Å². The monoisotopic (exact) mass is 235 g/mol. The number of nitro benzene ring substituents is 1. The Kier molecular flexibility index (Phi) is 2.38. The normalized spacial score (nSPS) is 21.4. The molecule has 0 saturated carbocycles. The summed E-state index contributed by atoms with van der Waals surface area (Å²) in [6.07, 6.45) is 1.96. The zero-order chi connectivity index (χ0) is 11.9. The molecule has 0 aromatic heterocycles. The summed E-state index contributed by atoms with van der Waals surface area (Å²) >= 11 is 0. The molecule has 1 aromatic rings. The lowest BCUT2D eigenvalue weighted by atomic mass is 9.86. The zero-order valence-corrected chi connectivity index (χ0v) is 9.35. The summed E-state index contributed by atoms with van der Waals surface area (Å²) in [5, 5.41) is 10.9. The third-order valence-corrected chi connectivity index (χ3v) is 3.47. The standard InChI is InChI=1S/C12H13NO4/c14-13(15)11-3-1-2-9-8-12(5-4-10(9)11)16-6-7-17-12/h1-3H,4-8H2. The highest BCUT2D eigenvalue weighted by Gasteiger charge is 2.41. The number of nitrogens with zero attached hydrogens (tertiary/aromatic N) is 1. The van der Waals surface area contributed by atoms with Crippen LogP contribution in [-0.4, -0.2) is 23.9 Å². The Morgan fingerprint density at radius 2 is 2.06 bits per heavy atom. The first-order chi connectivity index (χ1) is 8.20. The molecule has 0 amide bonds. The summed E-state index contributed by atoms with van der Waals surface area (Å²) in [4.78, 5) is 10.6. The molecule has 17 heavy (non-hydrogen) atoms. The van der Waals surface area contributed by atoms with Crippen LogP contribution in [0.5, 0.6) is 0 Å². The molecule has 1 aromatic carbocycles. The van der Waals surface area contributed by atoms with Gasteiger partial charge in [-0.25, -0.2) is 0 Å². The Bertz CT molecular complexity index is 466. The number of fused-ring (bicyclic) bond motifs is 1. The largest absolute Gasteiger partial charge is 0.347 e. The summed E-state index contributed by atoms with van der Waals surface area (Å²) in [6, 6.07) is 5.21. The van der Waals surface area contributed by atoms with Gasteiger partial charge in [-0.2, -0.15) is 0 Å². The Hall–Kier alpha value is -1.46. The summed E-state index contributed by atoms with van der Waals surface area (Å²) < 4.78 is 11.3. The molecule has 0 unspecified atom stereocenters. The minimum atomic E-state index is -0.526. The fourth-order valence-electron chi connectivity index (χ4n) is 2.68. The van der Waals surface area contributed by atoms with Gasteiger partial charge >= 0.3 is 0 Å². The van der Waals surface area contributed by atoms with E-state index in [4.69, 9.17) is 9.47 Å². The van der Waals surface area contributed by atoms with Gasteiger partial charge in [-0.15, -0.1) is 0 Å². The van der Waals surface area contributed by atoms with Crippen molar-refractivity contribution in [1.29, 1.82) is 0 Å². The summed E-state index contributed by atoms with van der Waals surface area (Å²) in [5.41, 5.74) is 2.03. The average molecular weight is 235 g/mol. The van der Waals surface area contributed by atoms with Crippen molar-refractivity contribution in [2.24, 2.45) is 0 Å². The third-order valence-electron chi connectivity index (χ3n) is 3.47. The first-order valence-corrected chi connectivity index (χ1v) is 5.73. The van der Waals surface area contributed by atoms with Crippen LogP contribution in [0.4, 0.5) is 5.69 Å². The number of nitro groups is 1. The predicted octanol–water partition coefficient (Wildman–Crippen LogP) is 1.83. The number of ether oxygens (including phenoxy) is 2. The van der Waals surface area contributed by atoms with Gasteiger partial charge in [0, 0.05) is 24.5 Å². The molecule has 1 aliphatic carbocycles. The fraction of sp³-hybridized carbons (Fsp3) is 0.500. The highest BCUT2D eigenvalue weighted by atomic mass is 16.7. The molecular weight excluding hydrogens is 222 g/mol. The van der Waals surface area contributed by atoms with Crippen LogP contribution < -0.4 is 0 Å². The molecule has 90 valence electrons. The number of hydrogen-bond donors (Lipinski definition) is 0. The fourth-order valence-corrected chi connectivity index (χ4v) is 2.68. The van der Waals surface area contributed by atoms with Crippen molar-refractivity contribution in [3.8, 4) is 0 Å². The molecule has 0 bridgehead atoms. The van der Waals surface area contributed by atoms with E-state index in [1.54, 1.807) is 12.1 Å². The van der Waals surface area contributed by atoms with Gasteiger partial charge in [0.1, 0.15) is 0 Å². The molecular formula is C12H13NO4. The van der Waals surface area contributed by atoms with Crippen LogP contribution >= 0.6 is 0 Å². The lowest BCUT2D eigenvalue weighted by molar-refractivity contribution is -0.385. The molecule has 0 radical (unpaired) electrons. The van der Waals surface area contributed by atoms with Crippen molar-refractivity contribution in [3.05, 3.63) is 39.4 Å². The molecule has 1 spiro atoms. The molecule has 1 aliphatic heterocycles.